The lowest BCUT2D eigenvalue weighted by Gasteiger charge is -2.21. The average Bonchev–Trinajstić information content (AvgIpc) is 2.55. The van der Waals surface area contributed by atoms with E-state index < -0.39 is 6.10 Å². The molecule has 2 unspecified atom stereocenters. The smallest absolute Gasteiger partial charge is 0.261 e. The summed E-state index contributed by atoms with van der Waals surface area (Å²) >= 11 is 0. The lowest BCUT2D eigenvalue weighted by atomic mass is 10.0. The molecule has 116 valence electrons. The Morgan fingerprint density at radius 1 is 1.14 bits per heavy atom. The van der Waals surface area contributed by atoms with Crippen molar-refractivity contribution < 1.29 is 13.9 Å². The number of hydrogen-bond acceptors (Lipinski definition) is 2. The molecule has 0 saturated carbocycles. The van der Waals surface area contributed by atoms with Crippen LogP contribution in [0.3, 0.4) is 0 Å². The van der Waals surface area contributed by atoms with Gasteiger partial charge in [-0.2, -0.15) is 0 Å². The van der Waals surface area contributed by atoms with Crippen LogP contribution in [0, 0.1) is 5.82 Å². The maximum absolute atomic E-state index is 12.9. The molecule has 4 heteroatoms. The highest BCUT2D eigenvalue weighted by atomic mass is 19.1. The molecule has 1 amide bonds. The van der Waals surface area contributed by atoms with Crippen molar-refractivity contribution in [1.29, 1.82) is 0 Å². The molecule has 0 heterocycles. The molecule has 2 aromatic rings. The molecule has 2 rings (SSSR count). The predicted molar refractivity (Wildman–Crippen MR) is 84.1 cm³/mol. The summed E-state index contributed by atoms with van der Waals surface area (Å²) in [6.45, 7) is 3.69. The molecular formula is C18H20FNO2. The number of rotatable bonds is 6. The molecule has 0 aliphatic heterocycles. The minimum atomic E-state index is -0.650. The minimum absolute atomic E-state index is 0.0482. The van der Waals surface area contributed by atoms with E-state index in [2.05, 4.69) is 5.32 Å². The average molecular weight is 301 g/mol. The van der Waals surface area contributed by atoms with E-state index in [1.54, 1.807) is 6.92 Å². The van der Waals surface area contributed by atoms with E-state index in [1.807, 2.05) is 37.3 Å². The van der Waals surface area contributed by atoms with Gasteiger partial charge in [0.2, 0.25) is 0 Å². The van der Waals surface area contributed by atoms with Gasteiger partial charge in [-0.25, -0.2) is 4.39 Å². The molecule has 0 spiro atoms. The fraction of sp³-hybridized carbons (Fsp3) is 0.278. The summed E-state index contributed by atoms with van der Waals surface area (Å²) in [5, 5.41) is 2.98. The van der Waals surface area contributed by atoms with Crippen molar-refractivity contribution in [2.45, 2.75) is 32.4 Å². The lowest BCUT2D eigenvalue weighted by Crippen LogP contribution is -2.38. The van der Waals surface area contributed by atoms with Crippen LogP contribution in [0.4, 0.5) is 4.39 Å². The zero-order valence-corrected chi connectivity index (χ0v) is 12.8. The van der Waals surface area contributed by atoms with Crippen molar-refractivity contribution in [2.75, 3.05) is 0 Å². The highest BCUT2D eigenvalue weighted by Gasteiger charge is 2.19. The number of halogens is 1. The van der Waals surface area contributed by atoms with E-state index in [0.717, 1.165) is 12.0 Å². The first-order valence-electron chi connectivity index (χ1n) is 7.37. The van der Waals surface area contributed by atoms with Gasteiger partial charge in [-0.15, -0.1) is 0 Å². The first kappa shape index (κ1) is 16.0. The zero-order chi connectivity index (χ0) is 15.9. The van der Waals surface area contributed by atoms with Gasteiger partial charge in [0, 0.05) is 0 Å². The Morgan fingerprint density at radius 2 is 1.77 bits per heavy atom. The van der Waals surface area contributed by atoms with E-state index in [1.165, 1.54) is 24.3 Å². The Labute approximate surface area is 130 Å². The van der Waals surface area contributed by atoms with Crippen molar-refractivity contribution in [3.8, 4) is 5.75 Å². The van der Waals surface area contributed by atoms with E-state index in [-0.39, 0.29) is 17.8 Å². The Kier molecular flexibility index (Phi) is 5.53. The van der Waals surface area contributed by atoms with Crippen molar-refractivity contribution in [1.82, 2.24) is 5.32 Å². The molecule has 0 aliphatic carbocycles. The lowest BCUT2D eigenvalue weighted by molar-refractivity contribution is -0.128. The normalized spacial score (nSPS) is 13.2. The van der Waals surface area contributed by atoms with Gasteiger partial charge in [0.05, 0.1) is 6.04 Å². The number of carbonyl (C=O) groups is 1. The molecule has 22 heavy (non-hydrogen) atoms. The van der Waals surface area contributed by atoms with Gasteiger partial charge in [0.15, 0.2) is 6.10 Å². The Bertz CT molecular complexity index is 598. The SMILES string of the molecule is CCC(NC(=O)C(C)Oc1ccc(F)cc1)c1ccccc1. The topological polar surface area (TPSA) is 38.3 Å². The van der Waals surface area contributed by atoms with Crippen molar-refractivity contribution in [2.24, 2.45) is 0 Å². The van der Waals surface area contributed by atoms with Gasteiger partial charge in [-0.3, -0.25) is 4.79 Å². The molecule has 2 atom stereocenters. The third kappa shape index (κ3) is 4.32. The van der Waals surface area contributed by atoms with Crippen LogP contribution in [0.5, 0.6) is 5.75 Å². The third-order valence-electron chi connectivity index (χ3n) is 3.42. The van der Waals surface area contributed by atoms with Crippen LogP contribution in [0.2, 0.25) is 0 Å². The van der Waals surface area contributed by atoms with Crippen molar-refractivity contribution in [3.05, 3.63) is 66.0 Å². The standard InChI is InChI=1S/C18H20FNO2/c1-3-17(14-7-5-4-6-8-14)20-18(21)13(2)22-16-11-9-15(19)10-12-16/h4-13,17H,3H2,1-2H3,(H,20,21). The largest absolute Gasteiger partial charge is 0.481 e. The molecule has 2 aromatic carbocycles. The number of nitrogens with one attached hydrogen (secondary N) is 1. The van der Waals surface area contributed by atoms with Gasteiger partial charge < -0.3 is 10.1 Å². The number of ether oxygens (including phenoxy) is 1. The fourth-order valence-electron chi connectivity index (χ4n) is 2.17. The Hall–Kier alpha value is -2.36. The van der Waals surface area contributed by atoms with E-state index in [4.69, 9.17) is 4.74 Å². The molecule has 0 fully saturated rings. The summed E-state index contributed by atoms with van der Waals surface area (Å²) in [5.74, 6) is -0.0589. The van der Waals surface area contributed by atoms with E-state index >= 15 is 0 Å². The molecule has 0 bridgehead atoms. The zero-order valence-electron chi connectivity index (χ0n) is 12.8. The number of carbonyl (C=O) groups excluding carboxylic acids is 1. The molecule has 0 saturated heterocycles. The fourth-order valence-corrected chi connectivity index (χ4v) is 2.17. The summed E-state index contributed by atoms with van der Waals surface area (Å²) in [7, 11) is 0. The van der Waals surface area contributed by atoms with Gasteiger partial charge in [0.1, 0.15) is 11.6 Å². The molecular weight excluding hydrogens is 281 g/mol. The minimum Gasteiger partial charge on any atom is -0.481 e. The van der Waals surface area contributed by atoms with Crippen molar-refractivity contribution >= 4 is 5.91 Å². The van der Waals surface area contributed by atoms with Crippen LogP contribution >= 0.6 is 0 Å². The number of amides is 1. The van der Waals surface area contributed by atoms with Crippen LogP contribution < -0.4 is 10.1 Å². The maximum atomic E-state index is 12.9. The van der Waals surface area contributed by atoms with Crippen LogP contribution in [0.1, 0.15) is 31.9 Å². The van der Waals surface area contributed by atoms with Crippen LogP contribution in [0.25, 0.3) is 0 Å². The third-order valence-corrected chi connectivity index (χ3v) is 3.42. The summed E-state index contributed by atoms with van der Waals surface area (Å²) in [6.07, 6.45) is 0.141. The van der Waals surface area contributed by atoms with E-state index in [0.29, 0.717) is 5.75 Å². The summed E-state index contributed by atoms with van der Waals surface area (Å²) in [4.78, 5) is 12.2. The highest BCUT2D eigenvalue weighted by molar-refractivity contribution is 5.81. The Balaban J connectivity index is 1.96. The van der Waals surface area contributed by atoms with Crippen LogP contribution in [-0.4, -0.2) is 12.0 Å². The molecule has 0 radical (unpaired) electrons. The van der Waals surface area contributed by atoms with Gasteiger partial charge in [0.25, 0.3) is 5.91 Å². The second-order valence-corrected chi connectivity index (χ2v) is 5.09. The predicted octanol–water partition coefficient (Wildman–Crippen LogP) is 3.86. The highest BCUT2D eigenvalue weighted by Crippen LogP contribution is 2.17. The first-order chi connectivity index (χ1) is 10.6. The molecule has 0 aliphatic rings. The second kappa shape index (κ2) is 7.59. The number of hydrogen-bond donors (Lipinski definition) is 1. The summed E-state index contributed by atoms with van der Waals surface area (Å²) in [5.41, 5.74) is 1.06. The second-order valence-electron chi connectivity index (χ2n) is 5.09. The van der Waals surface area contributed by atoms with E-state index in [9.17, 15) is 9.18 Å². The quantitative estimate of drug-likeness (QED) is 0.880. The molecule has 0 aromatic heterocycles. The van der Waals surface area contributed by atoms with Crippen LogP contribution in [-0.2, 0) is 4.79 Å². The summed E-state index contributed by atoms with van der Waals surface area (Å²) in [6, 6.07) is 15.4. The van der Waals surface area contributed by atoms with Crippen LogP contribution in [0.15, 0.2) is 54.6 Å². The van der Waals surface area contributed by atoms with Gasteiger partial charge in [-0.1, -0.05) is 37.3 Å². The Morgan fingerprint density at radius 3 is 2.36 bits per heavy atom. The number of benzene rings is 2. The first-order valence-corrected chi connectivity index (χ1v) is 7.37. The van der Waals surface area contributed by atoms with Gasteiger partial charge >= 0.3 is 0 Å². The van der Waals surface area contributed by atoms with Gasteiger partial charge in [-0.05, 0) is 43.2 Å². The van der Waals surface area contributed by atoms with Crippen molar-refractivity contribution in [3.63, 3.8) is 0 Å². The molecule has 3 nitrogen and oxygen atoms in total. The monoisotopic (exact) mass is 301 g/mol. The molecule has 1 N–H and O–H groups in total. The summed E-state index contributed by atoms with van der Waals surface area (Å²) < 4.78 is 18.4. The maximum Gasteiger partial charge on any atom is 0.261 e.